The predicted molar refractivity (Wildman–Crippen MR) is 85.4 cm³/mol. The molecule has 1 N–H and O–H groups in total. The first-order valence-electron chi connectivity index (χ1n) is 7.15. The Morgan fingerprint density at radius 1 is 1.25 bits per heavy atom. The molecule has 1 heterocycles. The van der Waals surface area contributed by atoms with Crippen LogP contribution in [0, 0.1) is 0 Å². The summed E-state index contributed by atoms with van der Waals surface area (Å²) in [6.07, 6.45) is 4.63. The number of hydrogen-bond acceptors (Lipinski definition) is 3. The van der Waals surface area contributed by atoms with E-state index in [1.165, 1.54) is 18.4 Å². The highest BCUT2D eigenvalue weighted by Gasteiger charge is 2.27. The minimum absolute atomic E-state index is 0.555. The van der Waals surface area contributed by atoms with E-state index in [1.54, 1.807) is 0 Å². The fourth-order valence-corrected chi connectivity index (χ4v) is 2.69. The van der Waals surface area contributed by atoms with Gasteiger partial charge in [-0.2, -0.15) is 0 Å². The number of hydrogen-bond donors (Lipinski definition) is 1. The molecule has 0 radical (unpaired) electrons. The van der Waals surface area contributed by atoms with E-state index < -0.39 is 0 Å². The van der Waals surface area contributed by atoms with Gasteiger partial charge in [-0.15, -0.1) is 0 Å². The topological polar surface area (TPSA) is 37.8 Å². The molecule has 104 valence electrons. The number of aryl methyl sites for hydroxylation is 1. The van der Waals surface area contributed by atoms with Gasteiger partial charge in [0, 0.05) is 17.7 Å². The SMILES string of the molecule is CCCc1ccccc1Nc1cc(Br)nc(C2CC2)n1. The summed E-state index contributed by atoms with van der Waals surface area (Å²) in [7, 11) is 0. The first-order valence-corrected chi connectivity index (χ1v) is 7.95. The van der Waals surface area contributed by atoms with Crippen molar-refractivity contribution >= 4 is 27.4 Å². The molecule has 1 aliphatic carbocycles. The Hall–Kier alpha value is -1.42. The van der Waals surface area contributed by atoms with Gasteiger partial charge in [0.05, 0.1) is 0 Å². The maximum atomic E-state index is 4.64. The quantitative estimate of drug-likeness (QED) is 0.798. The Kier molecular flexibility index (Phi) is 4.01. The minimum atomic E-state index is 0.555. The molecule has 0 atom stereocenters. The molecule has 0 spiro atoms. The van der Waals surface area contributed by atoms with Crippen molar-refractivity contribution in [1.82, 2.24) is 9.97 Å². The number of nitrogens with one attached hydrogen (secondary N) is 1. The molecule has 1 aromatic carbocycles. The number of para-hydroxylation sites is 1. The van der Waals surface area contributed by atoms with Crippen molar-refractivity contribution in [2.24, 2.45) is 0 Å². The molecule has 2 aromatic rings. The van der Waals surface area contributed by atoms with Gasteiger partial charge in [-0.05, 0) is 46.8 Å². The molecular weight excluding hydrogens is 314 g/mol. The second-order valence-electron chi connectivity index (χ2n) is 5.24. The fraction of sp³-hybridized carbons (Fsp3) is 0.375. The molecule has 3 nitrogen and oxygen atoms in total. The maximum absolute atomic E-state index is 4.64. The minimum Gasteiger partial charge on any atom is -0.340 e. The van der Waals surface area contributed by atoms with E-state index in [1.807, 2.05) is 6.07 Å². The van der Waals surface area contributed by atoms with Crippen LogP contribution in [0.25, 0.3) is 0 Å². The van der Waals surface area contributed by atoms with Crippen LogP contribution in [-0.2, 0) is 6.42 Å². The van der Waals surface area contributed by atoms with E-state index in [0.717, 1.165) is 34.8 Å². The molecule has 1 aromatic heterocycles. The first kappa shape index (κ1) is 13.6. The average molecular weight is 332 g/mol. The summed E-state index contributed by atoms with van der Waals surface area (Å²) in [5.74, 6) is 2.38. The lowest BCUT2D eigenvalue weighted by Crippen LogP contribution is -2.01. The lowest BCUT2D eigenvalue weighted by Gasteiger charge is -2.12. The average Bonchev–Trinajstić information content (AvgIpc) is 3.25. The molecule has 4 heteroatoms. The third kappa shape index (κ3) is 3.18. The van der Waals surface area contributed by atoms with Gasteiger partial charge in [0.2, 0.25) is 0 Å². The molecule has 0 amide bonds. The van der Waals surface area contributed by atoms with E-state index in [2.05, 4.69) is 62.4 Å². The van der Waals surface area contributed by atoms with Crippen molar-refractivity contribution in [3.05, 3.63) is 46.3 Å². The molecule has 1 aliphatic rings. The largest absolute Gasteiger partial charge is 0.340 e. The Labute approximate surface area is 128 Å². The van der Waals surface area contributed by atoms with Gasteiger partial charge in [0.1, 0.15) is 16.2 Å². The Bertz CT molecular complexity index is 608. The Morgan fingerprint density at radius 3 is 2.80 bits per heavy atom. The zero-order valence-electron chi connectivity index (χ0n) is 11.6. The molecule has 1 fully saturated rings. The van der Waals surface area contributed by atoms with E-state index in [9.17, 15) is 0 Å². The number of anilines is 2. The number of aromatic nitrogens is 2. The van der Waals surface area contributed by atoms with E-state index >= 15 is 0 Å². The standard InChI is InChI=1S/C16H18BrN3/c1-2-5-11-6-3-4-7-13(11)18-15-10-14(17)19-16(20-15)12-8-9-12/h3-4,6-7,10,12H,2,5,8-9H2,1H3,(H,18,19,20). The van der Waals surface area contributed by atoms with Crippen molar-refractivity contribution in [3.63, 3.8) is 0 Å². The van der Waals surface area contributed by atoms with E-state index in [4.69, 9.17) is 0 Å². The second kappa shape index (κ2) is 5.92. The zero-order valence-corrected chi connectivity index (χ0v) is 13.2. The Morgan fingerprint density at radius 2 is 2.05 bits per heavy atom. The van der Waals surface area contributed by atoms with Gasteiger partial charge in [0.15, 0.2) is 0 Å². The highest BCUT2D eigenvalue weighted by molar-refractivity contribution is 9.10. The lowest BCUT2D eigenvalue weighted by atomic mass is 10.1. The van der Waals surface area contributed by atoms with Crippen LogP contribution >= 0.6 is 15.9 Å². The van der Waals surface area contributed by atoms with Crippen LogP contribution in [0.15, 0.2) is 34.9 Å². The second-order valence-corrected chi connectivity index (χ2v) is 6.05. The predicted octanol–water partition coefficient (Wildman–Crippen LogP) is 4.81. The van der Waals surface area contributed by atoms with Crippen LogP contribution in [0.4, 0.5) is 11.5 Å². The van der Waals surface area contributed by atoms with Crippen molar-refractivity contribution in [2.75, 3.05) is 5.32 Å². The van der Waals surface area contributed by atoms with Crippen LogP contribution in [0.1, 0.15) is 43.5 Å². The molecule has 3 rings (SSSR count). The zero-order chi connectivity index (χ0) is 13.9. The van der Waals surface area contributed by atoms with Crippen molar-refractivity contribution in [1.29, 1.82) is 0 Å². The molecule has 0 bridgehead atoms. The molecular formula is C16H18BrN3. The summed E-state index contributed by atoms with van der Waals surface area (Å²) < 4.78 is 0.852. The van der Waals surface area contributed by atoms with Crippen LogP contribution in [0.2, 0.25) is 0 Å². The van der Waals surface area contributed by atoms with E-state index in [-0.39, 0.29) is 0 Å². The van der Waals surface area contributed by atoms with Crippen molar-refractivity contribution in [3.8, 4) is 0 Å². The lowest BCUT2D eigenvalue weighted by molar-refractivity contribution is 0.913. The third-order valence-corrected chi connectivity index (χ3v) is 3.86. The van der Waals surface area contributed by atoms with Gasteiger partial charge >= 0.3 is 0 Å². The van der Waals surface area contributed by atoms with Gasteiger partial charge < -0.3 is 5.32 Å². The molecule has 0 saturated heterocycles. The summed E-state index contributed by atoms with van der Waals surface area (Å²) in [5, 5.41) is 3.44. The number of benzene rings is 1. The summed E-state index contributed by atoms with van der Waals surface area (Å²) in [5.41, 5.74) is 2.47. The smallest absolute Gasteiger partial charge is 0.135 e. The van der Waals surface area contributed by atoms with Gasteiger partial charge in [-0.1, -0.05) is 31.5 Å². The van der Waals surface area contributed by atoms with Crippen LogP contribution < -0.4 is 5.32 Å². The number of halogens is 1. The first-order chi connectivity index (χ1) is 9.76. The summed E-state index contributed by atoms with van der Waals surface area (Å²) >= 11 is 3.48. The van der Waals surface area contributed by atoms with Crippen LogP contribution in [-0.4, -0.2) is 9.97 Å². The van der Waals surface area contributed by atoms with Crippen molar-refractivity contribution in [2.45, 2.75) is 38.5 Å². The molecule has 0 unspecified atom stereocenters. The van der Waals surface area contributed by atoms with Crippen molar-refractivity contribution < 1.29 is 0 Å². The van der Waals surface area contributed by atoms with Gasteiger partial charge in [-0.25, -0.2) is 9.97 Å². The van der Waals surface area contributed by atoms with Crippen LogP contribution in [0.5, 0.6) is 0 Å². The third-order valence-electron chi connectivity index (χ3n) is 3.45. The Balaban J connectivity index is 1.87. The van der Waals surface area contributed by atoms with Gasteiger partial charge in [0.25, 0.3) is 0 Å². The highest BCUT2D eigenvalue weighted by Crippen LogP contribution is 2.39. The summed E-state index contributed by atoms with van der Waals surface area (Å²) in [4.78, 5) is 9.10. The van der Waals surface area contributed by atoms with E-state index in [0.29, 0.717) is 5.92 Å². The maximum Gasteiger partial charge on any atom is 0.135 e. The monoisotopic (exact) mass is 331 g/mol. The number of nitrogens with zero attached hydrogens (tertiary/aromatic N) is 2. The van der Waals surface area contributed by atoms with Crippen LogP contribution in [0.3, 0.4) is 0 Å². The summed E-state index contributed by atoms with van der Waals surface area (Å²) in [6, 6.07) is 10.4. The highest BCUT2D eigenvalue weighted by atomic mass is 79.9. The normalized spacial score (nSPS) is 14.3. The summed E-state index contributed by atoms with van der Waals surface area (Å²) in [6.45, 7) is 2.20. The van der Waals surface area contributed by atoms with Gasteiger partial charge in [-0.3, -0.25) is 0 Å². The fourth-order valence-electron chi connectivity index (χ4n) is 2.29. The molecule has 20 heavy (non-hydrogen) atoms. The number of rotatable bonds is 5. The molecule has 0 aliphatic heterocycles. The molecule has 1 saturated carbocycles.